The first-order valence-electron chi connectivity index (χ1n) is 7.89. The van der Waals surface area contributed by atoms with Crippen molar-refractivity contribution < 1.29 is 14.3 Å². The molecule has 2 aliphatic heterocycles. The average Bonchev–Trinajstić information content (AvgIpc) is 2.97. The van der Waals surface area contributed by atoms with Gasteiger partial charge in [0.2, 0.25) is 0 Å². The third-order valence-electron chi connectivity index (χ3n) is 4.99. The molecule has 5 nitrogen and oxygen atoms in total. The molecule has 2 saturated heterocycles. The molecule has 1 spiro atoms. The molecule has 0 aliphatic carbocycles. The summed E-state index contributed by atoms with van der Waals surface area (Å²) in [6.07, 6.45) is 3.44. The topological polar surface area (TPSA) is 50.8 Å². The second-order valence-electron chi connectivity index (χ2n) is 6.33. The van der Waals surface area contributed by atoms with Crippen molar-refractivity contribution in [2.24, 2.45) is 5.41 Å². The molecule has 2 heterocycles. The molecule has 3 rings (SSSR count). The monoisotopic (exact) mass is 340 g/mol. The number of ether oxygens (including phenoxy) is 2. The van der Waals surface area contributed by atoms with Gasteiger partial charge in [0.15, 0.2) is 0 Å². The number of carbonyl (C=O) groups excluding carboxylic acids is 1. The molecule has 128 valence electrons. The zero-order chi connectivity index (χ0) is 15.6. The summed E-state index contributed by atoms with van der Waals surface area (Å²) in [6, 6.07) is 5.37. The standard InChI is InChI=1S/C17H24N2O3.ClH/c1-21-14-9-13(10-15(11-14)22-2)16(20)19-8-5-17(12-19)3-6-18-7-4-17;/h9-11,18H,3-8,12H2,1-2H3;1H. The van der Waals surface area contributed by atoms with Crippen LogP contribution in [-0.2, 0) is 0 Å². The molecule has 1 N–H and O–H groups in total. The Kier molecular flexibility index (Phi) is 5.76. The number of carbonyl (C=O) groups is 1. The number of hydrogen-bond donors (Lipinski definition) is 1. The second-order valence-corrected chi connectivity index (χ2v) is 6.33. The Labute approximate surface area is 143 Å². The Morgan fingerprint density at radius 1 is 1.09 bits per heavy atom. The molecule has 2 fully saturated rings. The Balaban J connectivity index is 0.00000192. The molecule has 0 saturated carbocycles. The number of nitrogens with one attached hydrogen (secondary N) is 1. The highest BCUT2D eigenvalue weighted by molar-refractivity contribution is 5.95. The fourth-order valence-corrected chi connectivity index (χ4v) is 3.59. The number of rotatable bonds is 3. The van der Waals surface area contributed by atoms with E-state index in [1.165, 1.54) is 0 Å². The summed E-state index contributed by atoms with van der Waals surface area (Å²) in [5.41, 5.74) is 0.964. The molecule has 1 aromatic carbocycles. The maximum atomic E-state index is 12.8. The van der Waals surface area contributed by atoms with Crippen LogP contribution in [0.5, 0.6) is 11.5 Å². The first-order chi connectivity index (χ1) is 10.7. The summed E-state index contributed by atoms with van der Waals surface area (Å²) < 4.78 is 10.5. The smallest absolute Gasteiger partial charge is 0.254 e. The van der Waals surface area contributed by atoms with Crippen LogP contribution in [0.4, 0.5) is 0 Å². The summed E-state index contributed by atoms with van der Waals surface area (Å²) >= 11 is 0. The molecule has 1 amide bonds. The number of methoxy groups -OCH3 is 2. The predicted molar refractivity (Wildman–Crippen MR) is 91.9 cm³/mol. The highest BCUT2D eigenvalue weighted by atomic mass is 35.5. The lowest BCUT2D eigenvalue weighted by atomic mass is 9.78. The number of halogens is 1. The van der Waals surface area contributed by atoms with Gasteiger partial charge >= 0.3 is 0 Å². The van der Waals surface area contributed by atoms with Gasteiger partial charge in [0.05, 0.1) is 14.2 Å². The van der Waals surface area contributed by atoms with Gasteiger partial charge < -0.3 is 19.7 Å². The van der Waals surface area contributed by atoms with Crippen LogP contribution in [0.25, 0.3) is 0 Å². The van der Waals surface area contributed by atoms with Crippen molar-refractivity contribution >= 4 is 18.3 Å². The lowest BCUT2D eigenvalue weighted by Crippen LogP contribution is -2.39. The Hall–Kier alpha value is -1.46. The van der Waals surface area contributed by atoms with Crippen molar-refractivity contribution in [1.82, 2.24) is 10.2 Å². The Morgan fingerprint density at radius 2 is 1.70 bits per heavy atom. The van der Waals surface area contributed by atoms with Crippen LogP contribution in [0.1, 0.15) is 29.6 Å². The minimum atomic E-state index is 0. The van der Waals surface area contributed by atoms with Crippen LogP contribution in [-0.4, -0.2) is 51.2 Å². The van der Waals surface area contributed by atoms with Crippen LogP contribution >= 0.6 is 12.4 Å². The lowest BCUT2D eigenvalue weighted by molar-refractivity contribution is 0.0761. The molecule has 0 aromatic heterocycles. The molecule has 0 unspecified atom stereocenters. The highest BCUT2D eigenvalue weighted by Crippen LogP contribution is 2.39. The number of hydrogen-bond acceptors (Lipinski definition) is 4. The largest absolute Gasteiger partial charge is 0.497 e. The second kappa shape index (κ2) is 7.41. The van der Waals surface area contributed by atoms with E-state index in [0.717, 1.165) is 45.4 Å². The van der Waals surface area contributed by atoms with Crippen molar-refractivity contribution in [2.75, 3.05) is 40.4 Å². The van der Waals surface area contributed by atoms with E-state index in [1.54, 1.807) is 32.4 Å². The van der Waals surface area contributed by atoms with E-state index in [2.05, 4.69) is 5.32 Å². The van der Waals surface area contributed by atoms with Crippen LogP contribution in [0.2, 0.25) is 0 Å². The zero-order valence-corrected chi connectivity index (χ0v) is 14.6. The van der Waals surface area contributed by atoms with Crippen molar-refractivity contribution in [3.05, 3.63) is 23.8 Å². The van der Waals surface area contributed by atoms with Gasteiger partial charge in [-0.2, -0.15) is 0 Å². The molecular weight excluding hydrogens is 316 g/mol. The van der Waals surface area contributed by atoms with Gasteiger partial charge in [-0.15, -0.1) is 12.4 Å². The van der Waals surface area contributed by atoms with Crippen molar-refractivity contribution in [3.8, 4) is 11.5 Å². The van der Waals surface area contributed by atoms with E-state index in [9.17, 15) is 4.79 Å². The highest BCUT2D eigenvalue weighted by Gasteiger charge is 2.40. The number of piperidine rings is 1. The summed E-state index contributed by atoms with van der Waals surface area (Å²) in [7, 11) is 3.20. The van der Waals surface area contributed by atoms with E-state index in [4.69, 9.17) is 9.47 Å². The molecule has 0 bridgehead atoms. The van der Waals surface area contributed by atoms with Crippen LogP contribution in [0, 0.1) is 5.41 Å². The van der Waals surface area contributed by atoms with Gasteiger partial charge in [-0.1, -0.05) is 0 Å². The fourth-order valence-electron chi connectivity index (χ4n) is 3.59. The quantitative estimate of drug-likeness (QED) is 0.917. The number of nitrogens with zero attached hydrogens (tertiary/aromatic N) is 1. The third kappa shape index (κ3) is 3.72. The van der Waals surface area contributed by atoms with Crippen molar-refractivity contribution in [2.45, 2.75) is 19.3 Å². The maximum absolute atomic E-state index is 12.8. The SMILES string of the molecule is COc1cc(OC)cc(C(=O)N2CCC3(CCNCC3)C2)c1.Cl. The minimum Gasteiger partial charge on any atom is -0.497 e. The normalized spacial score (nSPS) is 19.3. The van der Waals surface area contributed by atoms with Crippen LogP contribution in [0.15, 0.2) is 18.2 Å². The summed E-state index contributed by atoms with van der Waals surface area (Å²) in [5, 5.41) is 3.41. The summed E-state index contributed by atoms with van der Waals surface area (Å²) in [6.45, 7) is 3.84. The van der Waals surface area contributed by atoms with E-state index in [1.807, 2.05) is 4.90 Å². The van der Waals surface area contributed by atoms with Gasteiger partial charge in [-0.3, -0.25) is 4.79 Å². The first kappa shape index (κ1) is 17.9. The number of benzene rings is 1. The average molecular weight is 341 g/mol. The van der Waals surface area contributed by atoms with Crippen LogP contribution < -0.4 is 14.8 Å². The Bertz CT molecular complexity index is 537. The van der Waals surface area contributed by atoms with E-state index in [0.29, 0.717) is 22.5 Å². The van der Waals surface area contributed by atoms with E-state index < -0.39 is 0 Å². The molecule has 23 heavy (non-hydrogen) atoms. The van der Waals surface area contributed by atoms with Gasteiger partial charge in [-0.05, 0) is 49.9 Å². The van der Waals surface area contributed by atoms with E-state index in [-0.39, 0.29) is 18.3 Å². The Morgan fingerprint density at radius 3 is 2.26 bits per heavy atom. The molecule has 0 atom stereocenters. The summed E-state index contributed by atoms with van der Waals surface area (Å²) in [5.74, 6) is 1.38. The molecule has 2 aliphatic rings. The van der Waals surface area contributed by atoms with Gasteiger partial charge in [0, 0.05) is 24.7 Å². The van der Waals surface area contributed by atoms with Gasteiger partial charge in [-0.25, -0.2) is 0 Å². The first-order valence-corrected chi connectivity index (χ1v) is 7.89. The predicted octanol–water partition coefficient (Wildman–Crippen LogP) is 2.34. The van der Waals surface area contributed by atoms with Crippen molar-refractivity contribution in [1.29, 1.82) is 0 Å². The molecule has 6 heteroatoms. The fraction of sp³-hybridized carbons (Fsp3) is 0.588. The lowest BCUT2D eigenvalue weighted by Gasteiger charge is -2.33. The van der Waals surface area contributed by atoms with Gasteiger partial charge in [0.25, 0.3) is 5.91 Å². The summed E-state index contributed by atoms with van der Waals surface area (Å²) in [4.78, 5) is 14.8. The molecule has 0 radical (unpaired) electrons. The minimum absolute atomic E-state index is 0. The third-order valence-corrected chi connectivity index (χ3v) is 4.99. The van der Waals surface area contributed by atoms with Gasteiger partial charge in [0.1, 0.15) is 11.5 Å². The number of likely N-dealkylation sites (tertiary alicyclic amines) is 1. The van der Waals surface area contributed by atoms with Crippen molar-refractivity contribution in [3.63, 3.8) is 0 Å². The molecular formula is C17H25ClN2O3. The zero-order valence-electron chi connectivity index (χ0n) is 13.8. The maximum Gasteiger partial charge on any atom is 0.254 e. The van der Waals surface area contributed by atoms with Crippen LogP contribution in [0.3, 0.4) is 0 Å². The number of amides is 1. The molecule has 1 aromatic rings. The van der Waals surface area contributed by atoms with E-state index >= 15 is 0 Å².